The number of nitrogens with zero attached hydrogens (tertiary/aromatic N) is 3. The van der Waals surface area contributed by atoms with Crippen molar-refractivity contribution >= 4 is 17.2 Å². The zero-order chi connectivity index (χ0) is 39.6. The van der Waals surface area contributed by atoms with Crippen molar-refractivity contribution in [1.82, 2.24) is 9.97 Å². The molecule has 4 nitrogen and oxygen atoms in total. The smallest absolute Gasteiger partial charge is 0.136 e. The summed E-state index contributed by atoms with van der Waals surface area (Å²) in [5.74, 6) is 0.960. The molecule has 8 rings (SSSR count). The van der Waals surface area contributed by atoms with Crippen LogP contribution in [0.4, 0.5) is 17.2 Å². The van der Waals surface area contributed by atoms with Gasteiger partial charge in [-0.2, -0.15) is 0 Å². The molecule has 0 fully saturated rings. The average molecular weight is 936 g/mol. The van der Waals surface area contributed by atoms with E-state index in [0.29, 0.717) is 11.3 Å². The minimum atomic E-state index is -0.307. The van der Waals surface area contributed by atoms with Gasteiger partial charge in [0.15, 0.2) is 0 Å². The van der Waals surface area contributed by atoms with Gasteiger partial charge < -0.3 is 10.0 Å². The standard InChI is InChI=1S/C53H46N3O.Pt/c1-52(2,3)43-31-40(32-44(35-43)56(51-27-17-18-30-54-51)49-26-16-15-25-45(49)38-21-11-7-12-22-38)47-33-39(37-19-9-6-10-20-37)34-48(55-47)46-36-42(28-29-50(46)57)53(4,5)41-23-13-8-14-24-41;/h6-31,33-36,57H,1-5H3;/q-1;. The minimum absolute atomic E-state index is 0. The van der Waals surface area contributed by atoms with Crippen LogP contribution >= 0.6 is 0 Å². The maximum atomic E-state index is 11.5. The number of benzene rings is 6. The van der Waals surface area contributed by atoms with Gasteiger partial charge >= 0.3 is 0 Å². The number of rotatable bonds is 9. The van der Waals surface area contributed by atoms with Crippen LogP contribution in [-0.2, 0) is 31.9 Å². The Kier molecular flexibility index (Phi) is 11.6. The molecule has 2 aromatic heterocycles. The number of phenolic OH excluding ortho intramolecular Hbond substituents is 1. The Hall–Kier alpha value is -6.09. The van der Waals surface area contributed by atoms with Crippen molar-refractivity contribution in [3.05, 3.63) is 205 Å². The van der Waals surface area contributed by atoms with Crippen molar-refractivity contribution in [2.24, 2.45) is 0 Å². The van der Waals surface area contributed by atoms with Crippen LogP contribution in [0.1, 0.15) is 51.3 Å². The van der Waals surface area contributed by atoms with Crippen LogP contribution in [-0.4, -0.2) is 15.1 Å². The van der Waals surface area contributed by atoms with Crippen molar-refractivity contribution in [3.8, 4) is 50.5 Å². The molecular formula is C53H46N3OPt-. The van der Waals surface area contributed by atoms with Crippen molar-refractivity contribution < 1.29 is 26.2 Å². The molecule has 0 spiro atoms. The quantitative estimate of drug-likeness (QED) is 0.147. The summed E-state index contributed by atoms with van der Waals surface area (Å²) in [6.45, 7) is 11.1. The van der Waals surface area contributed by atoms with E-state index in [0.717, 1.165) is 61.8 Å². The van der Waals surface area contributed by atoms with Crippen LogP contribution in [0.2, 0.25) is 0 Å². The van der Waals surface area contributed by atoms with Crippen LogP contribution in [0.3, 0.4) is 0 Å². The minimum Gasteiger partial charge on any atom is -0.507 e. The van der Waals surface area contributed by atoms with E-state index in [1.165, 1.54) is 5.56 Å². The normalized spacial score (nSPS) is 11.5. The number of anilines is 3. The molecule has 5 heteroatoms. The summed E-state index contributed by atoms with van der Waals surface area (Å²) in [6.07, 6.45) is 1.83. The van der Waals surface area contributed by atoms with E-state index >= 15 is 0 Å². The molecule has 0 radical (unpaired) electrons. The summed E-state index contributed by atoms with van der Waals surface area (Å²) < 4.78 is 0. The van der Waals surface area contributed by atoms with E-state index in [4.69, 9.17) is 9.97 Å². The molecular weight excluding hydrogens is 890 g/mol. The first kappa shape index (κ1) is 40.1. The van der Waals surface area contributed by atoms with Crippen molar-refractivity contribution in [1.29, 1.82) is 0 Å². The largest absolute Gasteiger partial charge is 0.507 e. The monoisotopic (exact) mass is 935 g/mol. The molecule has 0 aliphatic rings. The Morgan fingerprint density at radius 1 is 0.517 bits per heavy atom. The summed E-state index contributed by atoms with van der Waals surface area (Å²) in [6, 6.07) is 64.2. The van der Waals surface area contributed by atoms with Crippen molar-refractivity contribution in [2.45, 2.75) is 45.4 Å². The molecule has 1 N–H and O–H groups in total. The molecule has 0 saturated carbocycles. The van der Waals surface area contributed by atoms with Gasteiger partial charge in [0.2, 0.25) is 0 Å². The molecule has 0 amide bonds. The van der Waals surface area contributed by atoms with Gasteiger partial charge in [0, 0.05) is 43.8 Å². The number of phenols is 1. The zero-order valence-electron chi connectivity index (χ0n) is 33.4. The van der Waals surface area contributed by atoms with E-state index in [-0.39, 0.29) is 37.6 Å². The van der Waals surface area contributed by atoms with Gasteiger partial charge in [-0.25, -0.2) is 4.98 Å². The van der Waals surface area contributed by atoms with Gasteiger partial charge in [0.1, 0.15) is 11.6 Å². The number of hydrogen-bond acceptors (Lipinski definition) is 4. The molecule has 0 unspecified atom stereocenters. The number of hydrogen-bond donors (Lipinski definition) is 1. The molecule has 0 atom stereocenters. The molecule has 8 aromatic rings. The summed E-state index contributed by atoms with van der Waals surface area (Å²) in [7, 11) is 0. The Balaban J connectivity index is 0.00000512. The molecule has 2 heterocycles. The third-order valence-electron chi connectivity index (χ3n) is 10.8. The predicted molar refractivity (Wildman–Crippen MR) is 236 cm³/mol. The van der Waals surface area contributed by atoms with Crippen LogP contribution < -0.4 is 4.90 Å². The molecule has 0 aliphatic heterocycles. The van der Waals surface area contributed by atoms with E-state index in [2.05, 4.69) is 173 Å². The van der Waals surface area contributed by atoms with E-state index < -0.39 is 0 Å². The van der Waals surface area contributed by atoms with Crippen LogP contribution in [0.15, 0.2) is 182 Å². The summed E-state index contributed by atoms with van der Waals surface area (Å²) in [5, 5.41) is 11.5. The Morgan fingerprint density at radius 2 is 1.14 bits per heavy atom. The van der Waals surface area contributed by atoms with Crippen molar-refractivity contribution in [3.63, 3.8) is 0 Å². The van der Waals surface area contributed by atoms with Gasteiger partial charge in [-0.05, 0) is 81.0 Å². The van der Waals surface area contributed by atoms with Gasteiger partial charge in [0.25, 0.3) is 0 Å². The third kappa shape index (κ3) is 8.30. The van der Waals surface area contributed by atoms with E-state index in [9.17, 15) is 5.11 Å². The van der Waals surface area contributed by atoms with Crippen molar-refractivity contribution in [2.75, 3.05) is 4.90 Å². The Bertz CT molecular complexity index is 2640. The molecule has 6 aromatic carbocycles. The van der Waals surface area contributed by atoms with Crippen LogP contribution in [0.25, 0.3) is 44.8 Å². The fraction of sp³-hybridized carbons (Fsp3) is 0.132. The molecule has 0 aliphatic carbocycles. The summed E-state index contributed by atoms with van der Waals surface area (Å²) in [4.78, 5) is 12.5. The SMILES string of the molecule is CC(C)(C)c1cc(-c2cc(-c3ccccc3)cc(-c3cc(C(C)(C)c4ccccc4)ccc3O)n2)[c-]c(N(c2ccccn2)c2ccccc2-c2ccccc2)c1.[Pt]. The van der Waals surface area contributed by atoms with Gasteiger partial charge in [-0.3, -0.25) is 4.98 Å². The third-order valence-corrected chi connectivity index (χ3v) is 10.8. The van der Waals surface area contributed by atoms with Gasteiger partial charge in [-0.15, -0.1) is 29.3 Å². The zero-order valence-corrected chi connectivity index (χ0v) is 35.7. The van der Waals surface area contributed by atoms with E-state index in [1.54, 1.807) is 6.07 Å². The number of para-hydroxylation sites is 1. The second-order valence-electron chi connectivity index (χ2n) is 16.0. The molecule has 290 valence electrons. The first-order chi connectivity index (χ1) is 27.6. The average Bonchev–Trinajstić information content (AvgIpc) is 3.25. The number of aromatic hydroxyl groups is 1. The first-order valence-corrected chi connectivity index (χ1v) is 19.5. The van der Waals surface area contributed by atoms with E-state index in [1.807, 2.05) is 48.7 Å². The topological polar surface area (TPSA) is 49.3 Å². The molecule has 58 heavy (non-hydrogen) atoms. The number of pyridine rings is 2. The molecule has 0 bridgehead atoms. The fourth-order valence-electron chi connectivity index (χ4n) is 7.39. The van der Waals surface area contributed by atoms with Gasteiger partial charge in [0.05, 0.1) is 11.4 Å². The fourth-order valence-corrected chi connectivity index (χ4v) is 7.39. The predicted octanol–water partition coefficient (Wildman–Crippen LogP) is 13.7. The van der Waals surface area contributed by atoms with Crippen LogP contribution in [0.5, 0.6) is 5.75 Å². The summed E-state index contributed by atoms with van der Waals surface area (Å²) >= 11 is 0. The first-order valence-electron chi connectivity index (χ1n) is 19.5. The second kappa shape index (κ2) is 16.8. The maximum absolute atomic E-state index is 11.5. The maximum Gasteiger partial charge on any atom is 0.136 e. The molecule has 0 saturated heterocycles. The second-order valence-corrected chi connectivity index (χ2v) is 16.0. The number of aromatic nitrogens is 2. The summed E-state index contributed by atoms with van der Waals surface area (Å²) in [5.41, 5.74) is 11.9. The van der Waals surface area contributed by atoms with Gasteiger partial charge in [-0.1, -0.05) is 162 Å². The Labute approximate surface area is 357 Å². The van der Waals surface area contributed by atoms with Crippen LogP contribution in [0, 0.1) is 6.07 Å². The Morgan fingerprint density at radius 3 is 1.81 bits per heavy atom.